The van der Waals surface area contributed by atoms with Crippen molar-refractivity contribution in [2.45, 2.75) is 13.8 Å². The second-order valence-corrected chi connectivity index (χ2v) is 6.42. The molecule has 0 spiro atoms. The highest BCUT2D eigenvalue weighted by molar-refractivity contribution is 6.31. The van der Waals surface area contributed by atoms with E-state index in [0.717, 1.165) is 22.2 Å². The van der Waals surface area contributed by atoms with Crippen molar-refractivity contribution >= 4 is 33.9 Å². The summed E-state index contributed by atoms with van der Waals surface area (Å²) in [4.78, 5) is 0. The summed E-state index contributed by atoms with van der Waals surface area (Å²) in [7, 11) is 0. The largest absolute Gasteiger partial charge is 0.338 e. The fourth-order valence-corrected chi connectivity index (χ4v) is 3.07. The number of hydrogen-bond acceptors (Lipinski definition) is 4. The van der Waals surface area contributed by atoms with E-state index in [9.17, 15) is 4.39 Å². The van der Waals surface area contributed by atoms with Crippen LogP contribution in [-0.4, -0.2) is 20.0 Å². The van der Waals surface area contributed by atoms with Gasteiger partial charge in [-0.05, 0) is 38.1 Å². The Kier molecular flexibility index (Phi) is 4.05. The molecule has 0 saturated carbocycles. The Morgan fingerprint density at radius 2 is 1.77 bits per heavy atom. The first kappa shape index (κ1) is 16.5. The third kappa shape index (κ3) is 2.88. The summed E-state index contributed by atoms with van der Waals surface area (Å²) in [5, 5.41) is 18.2. The molecule has 5 nitrogen and oxygen atoms in total. The molecule has 0 amide bonds. The Labute approximate surface area is 154 Å². The van der Waals surface area contributed by atoms with Crippen LogP contribution in [0.2, 0.25) is 5.02 Å². The van der Waals surface area contributed by atoms with E-state index in [1.165, 1.54) is 12.1 Å². The molecule has 4 rings (SSSR count). The number of benzene rings is 2. The summed E-state index contributed by atoms with van der Waals surface area (Å²) < 4.78 is 15.2. The number of halogens is 2. The Balaban J connectivity index is 1.84. The fourth-order valence-electron chi connectivity index (χ4n) is 2.89. The SMILES string of the molecule is Cc1cc(C)n(-c2nnc(Nc3ccc(F)c(Cl)c3)c3ccccc23)n1. The quantitative estimate of drug-likeness (QED) is 0.555. The van der Waals surface area contributed by atoms with Gasteiger partial charge in [0.15, 0.2) is 11.6 Å². The van der Waals surface area contributed by atoms with Crippen LogP contribution < -0.4 is 5.32 Å². The second kappa shape index (κ2) is 6.38. The van der Waals surface area contributed by atoms with Gasteiger partial charge in [-0.3, -0.25) is 0 Å². The zero-order valence-corrected chi connectivity index (χ0v) is 14.9. The van der Waals surface area contributed by atoms with Crippen molar-refractivity contribution in [2.24, 2.45) is 0 Å². The third-order valence-corrected chi connectivity index (χ3v) is 4.35. The fraction of sp³-hybridized carbons (Fsp3) is 0.105. The van der Waals surface area contributed by atoms with E-state index in [-0.39, 0.29) is 5.02 Å². The zero-order valence-electron chi connectivity index (χ0n) is 14.2. The summed E-state index contributed by atoms with van der Waals surface area (Å²) in [5.41, 5.74) is 2.53. The van der Waals surface area contributed by atoms with Crippen LogP contribution in [0.3, 0.4) is 0 Å². The van der Waals surface area contributed by atoms with Gasteiger partial charge in [-0.25, -0.2) is 9.07 Å². The minimum atomic E-state index is -0.465. The van der Waals surface area contributed by atoms with Crippen molar-refractivity contribution in [3.63, 3.8) is 0 Å². The molecule has 26 heavy (non-hydrogen) atoms. The first-order chi connectivity index (χ1) is 12.5. The minimum Gasteiger partial charge on any atom is -0.338 e. The highest BCUT2D eigenvalue weighted by Gasteiger charge is 2.14. The molecule has 0 aliphatic carbocycles. The van der Waals surface area contributed by atoms with Gasteiger partial charge in [0, 0.05) is 22.2 Å². The van der Waals surface area contributed by atoms with Gasteiger partial charge in [0.2, 0.25) is 0 Å². The van der Waals surface area contributed by atoms with E-state index in [1.54, 1.807) is 10.7 Å². The molecule has 0 radical (unpaired) electrons. The van der Waals surface area contributed by atoms with Crippen LogP contribution in [-0.2, 0) is 0 Å². The van der Waals surface area contributed by atoms with Crippen molar-refractivity contribution in [2.75, 3.05) is 5.32 Å². The van der Waals surface area contributed by atoms with Gasteiger partial charge in [-0.15, -0.1) is 10.2 Å². The first-order valence-electron chi connectivity index (χ1n) is 8.04. The topological polar surface area (TPSA) is 55.6 Å². The number of nitrogens with zero attached hydrogens (tertiary/aromatic N) is 4. The van der Waals surface area contributed by atoms with Gasteiger partial charge in [0.1, 0.15) is 5.82 Å². The molecule has 4 aromatic rings. The molecule has 0 aliphatic heterocycles. The van der Waals surface area contributed by atoms with E-state index in [1.807, 2.05) is 44.2 Å². The Hall–Kier alpha value is -2.99. The van der Waals surface area contributed by atoms with Crippen LogP contribution in [0.1, 0.15) is 11.4 Å². The van der Waals surface area contributed by atoms with Crippen molar-refractivity contribution in [3.05, 3.63) is 70.8 Å². The number of hydrogen-bond donors (Lipinski definition) is 1. The Morgan fingerprint density at radius 1 is 1.00 bits per heavy atom. The lowest BCUT2D eigenvalue weighted by molar-refractivity contribution is 0.628. The number of nitrogens with one attached hydrogen (secondary N) is 1. The molecule has 0 unspecified atom stereocenters. The third-order valence-electron chi connectivity index (χ3n) is 4.06. The number of aromatic nitrogens is 4. The Morgan fingerprint density at radius 3 is 2.46 bits per heavy atom. The van der Waals surface area contributed by atoms with Crippen LogP contribution in [0.5, 0.6) is 0 Å². The monoisotopic (exact) mass is 367 g/mol. The molecule has 2 aromatic carbocycles. The van der Waals surface area contributed by atoms with Gasteiger partial charge < -0.3 is 5.32 Å². The standard InChI is InChI=1S/C19H15ClFN5/c1-11-9-12(2)26(25-11)19-15-6-4-3-5-14(15)18(23-24-19)22-13-7-8-17(21)16(20)10-13/h3-10H,1-2H3,(H,22,23). The van der Waals surface area contributed by atoms with Gasteiger partial charge in [0.25, 0.3) is 0 Å². The summed E-state index contributed by atoms with van der Waals surface area (Å²) in [6, 6.07) is 14.2. The lowest BCUT2D eigenvalue weighted by Gasteiger charge is -2.12. The molecule has 0 bridgehead atoms. The maximum absolute atomic E-state index is 13.4. The molecule has 1 N–H and O–H groups in total. The number of aryl methyl sites for hydroxylation is 2. The van der Waals surface area contributed by atoms with Crippen molar-refractivity contribution in [1.82, 2.24) is 20.0 Å². The predicted molar refractivity (Wildman–Crippen MR) is 101 cm³/mol. The van der Waals surface area contributed by atoms with Crippen molar-refractivity contribution < 1.29 is 4.39 Å². The van der Waals surface area contributed by atoms with Gasteiger partial charge in [-0.1, -0.05) is 35.9 Å². The second-order valence-electron chi connectivity index (χ2n) is 6.01. The molecular formula is C19H15ClFN5. The van der Waals surface area contributed by atoms with E-state index in [0.29, 0.717) is 17.3 Å². The van der Waals surface area contributed by atoms with Crippen molar-refractivity contribution in [1.29, 1.82) is 0 Å². The molecule has 0 saturated heterocycles. The summed E-state index contributed by atoms with van der Waals surface area (Å²) in [5.74, 6) is 0.760. The highest BCUT2D eigenvalue weighted by atomic mass is 35.5. The predicted octanol–water partition coefficient (Wildman–Crippen LogP) is 4.97. The molecule has 2 heterocycles. The van der Waals surface area contributed by atoms with Crippen LogP contribution in [0.4, 0.5) is 15.9 Å². The van der Waals surface area contributed by atoms with Gasteiger partial charge in [0.05, 0.1) is 10.7 Å². The number of rotatable bonds is 3. The van der Waals surface area contributed by atoms with E-state index in [2.05, 4.69) is 20.6 Å². The van der Waals surface area contributed by atoms with Crippen LogP contribution >= 0.6 is 11.6 Å². The number of anilines is 2. The normalized spacial score (nSPS) is 11.1. The van der Waals surface area contributed by atoms with Crippen LogP contribution in [0.25, 0.3) is 16.6 Å². The number of fused-ring (bicyclic) bond motifs is 1. The molecule has 0 fully saturated rings. The van der Waals surface area contributed by atoms with Crippen molar-refractivity contribution in [3.8, 4) is 5.82 Å². The summed E-state index contributed by atoms with van der Waals surface area (Å²) >= 11 is 5.86. The van der Waals surface area contributed by atoms with E-state index < -0.39 is 5.82 Å². The smallest absolute Gasteiger partial charge is 0.183 e. The van der Waals surface area contributed by atoms with E-state index >= 15 is 0 Å². The highest BCUT2D eigenvalue weighted by Crippen LogP contribution is 2.29. The average molecular weight is 368 g/mol. The first-order valence-corrected chi connectivity index (χ1v) is 8.42. The maximum atomic E-state index is 13.4. The summed E-state index contributed by atoms with van der Waals surface area (Å²) in [6.07, 6.45) is 0. The van der Waals surface area contributed by atoms with Gasteiger partial charge >= 0.3 is 0 Å². The minimum absolute atomic E-state index is 0.0477. The summed E-state index contributed by atoms with van der Waals surface area (Å²) in [6.45, 7) is 3.91. The lowest BCUT2D eigenvalue weighted by Crippen LogP contribution is -2.06. The van der Waals surface area contributed by atoms with Gasteiger partial charge in [-0.2, -0.15) is 5.10 Å². The maximum Gasteiger partial charge on any atom is 0.183 e. The molecule has 0 aliphatic rings. The Bertz CT molecular complexity index is 1120. The van der Waals surface area contributed by atoms with E-state index in [4.69, 9.17) is 11.6 Å². The molecule has 130 valence electrons. The lowest BCUT2D eigenvalue weighted by atomic mass is 10.1. The van der Waals surface area contributed by atoms with Crippen LogP contribution in [0, 0.1) is 19.7 Å². The zero-order chi connectivity index (χ0) is 18.3. The van der Waals surface area contributed by atoms with Crippen LogP contribution in [0.15, 0.2) is 48.5 Å². The molecular weight excluding hydrogens is 353 g/mol. The molecule has 0 atom stereocenters. The molecule has 2 aromatic heterocycles. The molecule has 7 heteroatoms. The average Bonchev–Trinajstić information content (AvgIpc) is 2.96.